The lowest BCUT2D eigenvalue weighted by atomic mass is 10.2. The molecule has 0 amide bonds. The Bertz CT molecular complexity index is 1110. The number of rotatable bonds is 3. The van der Waals surface area contributed by atoms with Crippen molar-refractivity contribution in [2.75, 3.05) is 7.11 Å². The lowest BCUT2D eigenvalue weighted by Gasteiger charge is -2.09. The number of aryl methyl sites for hydroxylation is 1. The molecule has 5 heteroatoms. The number of benzene rings is 2. The molecule has 2 aromatic heterocycles. The maximum atomic E-state index is 12.8. The quantitative estimate of drug-likeness (QED) is 0.630. The van der Waals surface area contributed by atoms with E-state index in [1.807, 2.05) is 49.4 Å². The number of H-pyrrole nitrogens is 1. The van der Waals surface area contributed by atoms with E-state index >= 15 is 0 Å². The van der Waals surface area contributed by atoms with Crippen LogP contribution in [0.4, 0.5) is 0 Å². The van der Waals surface area contributed by atoms with E-state index in [4.69, 9.17) is 4.74 Å². The fraction of sp³-hybridized carbons (Fsp3) is 0.158. The monoisotopic (exact) mass is 319 g/mol. The highest BCUT2D eigenvalue weighted by atomic mass is 16.5. The van der Waals surface area contributed by atoms with Crippen LogP contribution in [0.2, 0.25) is 0 Å². The number of nitrogens with zero attached hydrogens (tertiary/aromatic N) is 2. The van der Waals surface area contributed by atoms with Gasteiger partial charge in [0.25, 0.3) is 5.56 Å². The molecule has 1 N–H and O–H groups in total. The second-order valence-electron chi connectivity index (χ2n) is 5.89. The van der Waals surface area contributed by atoms with E-state index in [0.29, 0.717) is 17.6 Å². The summed E-state index contributed by atoms with van der Waals surface area (Å²) in [5, 5.41) is 0.970. The van der Waals surface area contributed by atoms with Crippen molar-refractivity contribution in [3.63, 3.8) is 0 Å². The molecule has 0 unspecified atom stereocenters. The summed E-state index contributed by atoms with van der Waals surface area (Å²) in [6.45, 7) is 2.44. The number of hydrogen-bond acceptors (Lipinski definition) is 3. The van der Waals surface area contributed by atoms with Crippen molar-refractivity contribution in [2.45, 2.75) is 13.5 Å². The maximum absolute atomic E-state index is 12.8. The average Bonchev–Trinajstić information content (AvgIpc) is 2.96. The summed E-state index contributed by atoms with van der Waals surface area (Å²) in [5.41, 5.74) is 4.18. The highest BCUT2D eigenvalue weighted by Crippen LogP contribution is 2.23. The number of hydrogen-bond donors (Lipinski definition) is 1. The van der Waals surface area contributed by atoms with E-state index in [0.717, 1.165) is 27.8 Å². The van der Waals surface area contributed by atoms with Crippen LogP contribution in [0, 0.1) is 6.92 Å². The number of aromatic amines is 1. The minimum Gasteiger partial charge on any atom is -0.496 e. The highest BCUT2D eigenvalue weighted by Gasteiger charge is 2.12. The van der Waals surface area contributed by atoms with Gasteiger partial charge in [0.1, 0.15) is 16.8 Å². The molecule has 4 aromatic rings. The predicted molar refractivity (Wildman–Crippen MR) is 94.7 cm³/mol. The summed E-state index contributed by atoms with van der Waals surface area (Å²) in [7, 11) is 1.63. The fourth-order valence-electron chi connectivity index (χ4n) is 3.04. The molecule has 0 fully saturated rings. The Kier molecular flexibility index (Phi) is 3.34. The van der Waals surface area contributed by atoms with Crippen molar-refractivity contribution in [2.24, 2.45) is 0 Å². The van der Waals surface area contributed by atoms with Crippen LogP contribution in [0.25, 0.3) is 21.9 Å². The van der Waals surface area contributed by atoms with Crippen molar-refractivity contribution < 1.29 is 4.74 Å². The van der Waals surface area contributed by atoms with Gasteiger partial charge >= 0.3 is 0 Å². The summed E-state index contributed by atoms with van der Waals surface area (Å²) < 4.78 is 6.96. The third kappa shape index (κ3) is 2.25. The van der Waals surface area contributed by atoms with E-state index in [-0.39, 0.29) is 5.56 Å². The molecule has 0 spiro atoms. The number of aromatic nitrogens is 3. The zero-order valence-electron chi connectivity index (χ0n) is 13.5. The van der Waals surface area contributed by atoms with Gasteiger partial charge in [0.15, 0.2) is 0 Å². The lowest BCUT2D eigenvalue weighted by Crippen LogP contribution is -2.21. The molecule has 0 bridgehead atoms. The van der Waals surface area contributed by atoms with E-state index in [9.17, 15) is 4.79 Å². The Balaban J connectivity index is 1.87. The predicted octanol–water partition coefficient (Wildman–Crippen LogP) is 3.24. The third-order valence-electron chi connectivity index (χ3n) is 4.26. The molecule has 120 valence electrons. The molecule has 5 nitrogen and oxygen atoms in total. The van der Waals surface area contributed by atoms with E-state index in [2.05, 4.69) is 9.97 Å². The Morgan fingerprint density at radius 3 is 2.88 bits per heavy atom. The first kappa shape index (κ1) is 14.5. The van der Waals surface area contributed by atoms with Gasteiger partial charge in [-0.25, -0.2) is 4.98 Å². The van der Waals surface area contributed by atoms with Gasteiger partial charge in [-0.3, -0.25) is 9.36 Å². The summed E-state index contributed by atoms with van der Waals surface area (Å²) in [5.74, 6) is 0.761. The second-order valence-corrected chi connectivity index (χ2v) is 5.89. The van der Waals surface area contributed by atoms with Crippen LogP contribution in [0.1, 0.15) is 11.1 Å². The molecular formula is C19H17N3O2. The third-order valence-corrected chi connectivity index (χ3v) is 4.26. The van der Waals surface area contributed by atoms with Crippen molar-refractivity contribution in [3.8, 4) is 5.75 Å². The largest absolute Gasteiger partial charge is 0.496 e. The molecule has 0 aliphatic heterocycles. The summed E-state index contributed by atoms with van der Waals surface area (Å²) in [6.07, 6.45) is 1.60. The molecule has 0 aliphatic carbocycles. The first-order valence-corrected chi connectivity index (χ1v) is 7.77. The van der Waals surface area contributed by atoms with E-state index < -0.39 is 0 Å². The van der Waals surface area contributed by atoms with Gasteiger partial charge in [0.05, 0.1) is 20.0 Å². The summed E-state index contributed by atoms with van der Waals surface area (Å²) >= 11 is 0. The van der Waals surface area contributed by atoms with E-state index in [1.54, 1.807) is 18.0 Å². The van der Waals surface area contributed by atoms with Gasteiger partial charge in [-0.1, -0.05) is 30.3 Å². The summed E-state index contributed by atoms with van der Waals surface area (Å²) in [6, 6.07) is 13.7. The number of methoxy groups -OCH3 is 1. The maximum Gasteiger partial charge on any atom is 0.277 e. The Morgan fingerprint density at radius 1 is 1.21 bits per heavy atom. The van der Waals surface area contributed by atoms with Crippen LogP contribution in [-0.4, -0.2) is 21.6 Å². The van der Waals surface area contributed by atoms with Gasteiger partial charge in [0.2, 0.25) is 0 Å². The van der Waals surface area contributed by atoms with Crippen molar-refractivity contribution >= 4 is 21.9 Å². The number of ether oxygens (including phenoxy) is 1. The molecule has 0 saturated heterocycles. The smallest absolute Gasteiger partial charge is 0.277 e. The zero-order valence-corrected chi connectivity index (χ0v) is 13.5. The molecule has 24 heavy (non-hydrogen) atoms. The Hall–Kier alpha value is -3.08. The topological polar surface area (TPSA) is 59.9 Å². The second kappa shape index (κ2) is 5.53. The molecule has 4 rings (SSSR count). The lowest BCUT2D eigenvalue weighted by molar-refractivity contribution is 0.408. The number of fused-ring (bicyclic) bond motifs is 3. The van der Waals surface area contributed by atoms with Crippen LogP contribution in [0.5, 0.6) is 5.75 Å². The molecule has 0 atom stereocenters. The van der Waals surface area contributed by atoms with Crippen LogP contribution >= 0.6 is 0 Å². The SMILES string of the molecule is COc1ccccc1Cn1cnc2c([nH]c3cc(C)ccc32)c1=O. The molecule has 0 saturated carbocycles. The number of para-hydroxylation sites is 1. The Morgan fingerprint density at radius 2 is 2.04 bits per heavy atom. The van der Waals surface area contributed by atoms with Crippen LogP contribution in [0.15, 0.2) is 53.6 Å². The van der Waals surface area contributed by atoms with Crippen molar-refractivity contribution in [1.29, 1.82) is 0 Å². The average molecular weight is 319 g/mol. The minimum absolute atomic E-state index is 0.0836. The molecule has 2 aromatic carbocycles. The van der Waals surface area contributed by atoms with Crippen LogP contribution in [0.3, 0.4) is 0 Å². The molecular weight excluding hydrogens is 302 g/mol. The van der Waals surface area contributed by atoms with Gasteiger partial charge in [-0.15, -0.1) is 0 Å². The van der Waals surface area contributed by atoms with Crippen LogP contribution < -0.4 is 10.3 Å². The van der Waals surface area contributed by atoms with Gasteiger partial charge in [0, 0.05) is 16.5 Å². The van der Waals surface area contributed by atoms with Gasteiger partial charge < -0.3 is 9.72 Å². The van der Waals surface area contributed by atoms with Gasteiger partial charge in [-0.2, -0.15) is 0 Å². The first-order valence-electron chi connectivity index (χ1n) is 7.77. The minimum atomic E-state index is -0.0836. The highest BCUT2D eigenvalue weighted by molar-refractivity contribution is 6.04. The van der Waals surface area contributed by atoms with Gasteiger partial charge in [-0.05, 0) is 24.6 Å². The van der Waals surface area contributed by atoms with Crippen LogP contribution in [-0.2, 0) is 6.54 Å². The first-order chi connectivity index (χ1) is 11.7. The molecule has 0 aliphatic rings. The number of nitrogens with one attached hydrogen (secondary N) is 1. The van der Waals surface area contributed by atoms with Crippen molar-refractivity contribution in [3.05, 3.63) is 70.3 Å². The fourth-order valence-corrected chi connectivity index (χ4v) is 3.04. The van der Waals surface area contributed by atoms with E-state index in [1.165, 1.54) is 0 Å². The normalized spacial score (nSPS) is 11.2. The molecule has 0 radical (unpaired) electrons. The molecule has 2 heterocycles. The summed E-state index contributed by atoms with van der Waals surface area (Å²) in [4.78, 5) is 20.6. The standard InChI is InChI=1S/C19H17N3O2/c1-12-7-8-14-15(9-12)21-18-17(14)20-11-22(19(18)23)10-13-5-3-4-6-16(13)24-2/h3-9,11,21H,10H2,1-2H3. The van der Waals surface area contributed by atoms with Crippen molar-refractivity contribution in [1.82, 2.24) is 14.5 Å². The Labute approximate surface area is 138 Å². The zero-order chi connectivity index (χ0) is 16.7.